The van der Waals surface area contributed by atoms with Crippen LogP contribution in [-0.4, -0.2) is 30.6 Å². The lowest BCUT2D eigenvalue weighted by Crippen LogP contribution is -2.28. The Bertz CT molecular complexity index is 683. The summed E-state index contributed by atoms with van der Waals surface area (Å²) in [6.45, 7) is 2.01. The molecule has 0 aliphatic carbocycles. The van der Waals surface area contributed by atoms with Crippen molar-refractivity contribution in [2.45, 2.75) is 19.3 Å². The minimum absolute atomic E-state index is 0.00376. The van der Waals surface area contributed by atoms with Gasteiger partial charge in [0, 0.05) is 25.7 Å². The standard InChI is InChI=1S/C19H22FN3O2/c20-16-3-1-14(2-4-16)7-10-21-17-5-6-18(22-13-17)23-19(24)15-8-11-25-12-9-15/h1-6,13,15,21H,7-12H2,(H,22,23,24). The highest BCUT2D eigenvalue weighted by Gasteiger charge is 2.21. The highest BCUT2D eigenvalue weighted by Crippen LogP contribution is 2.17. The van der Waals surface area contributed by atoms with E-state index in [0.29, 0.717) is 19.0 Å². The average molecular weight is 343 g/mol. The van der Waals surface area contributed by atoms with Gasteiger partial charge in [0.2, 0.25) is 5.91 Å². The van der Waals surface area contributed by atoms with Gasteiger partial charge in [-0.1, -0.05) is 12.1 Å². The van der Waals surface area contributed by atoms with Gasteiger partial charge in [-0.25, -0.2) is 9.37 Å². The second-order valence-corrected chi connectivity index (χ2v) is 6.11. The second kappa shape index (κ2) is 8.58. The van der Waals surface area contributed by atoms with E-state index < -0.39 is 0 Å². The molecule has 1 saturated heterocycles. The van der Waals surface area contributed by atoms with Gasteiger partial charge in [0.25, 0.3) is 0 Å². The summed E-state index contributed by atoms with van der Waals surface area (Å²) in [5, 5.41) is 6.12. The van der Waals surface area contributed by atoms with Crippen molar-refractivity contribution in [2.75, 3.05) is 30.4 Å². The number of pyridine rings is 1. The zero-order valence-corrected chi connectivity index (χ0v) is 14.0. The van der Waals surface area contributed by atoms with Gasteiger partial charge in [0.05, 0.1) is 11.9 Å². The number of nitrogens with one attached hydrogen (secondary N) is 2. The fraction of sp³-hybridized carbons (Fsp3) is 0.368. The summed E-state index contributed by atoms with van der Waals surface area (Å²) in [5.74, 6) is 0.344. The number of hydrogen-bond donors (Lipinski definition) is 2. The van der Waals surface area contributed by atoms with Crippen molar-refractivity contribution in [3.8, 4) is 0 Å². The quantitative estimate of drug-likeness (QED) is 0.845. The van der Waals surface area contributed by atoms with Gasteiger partial charge in [-0.2, -0.15) is 0 Å². The van der Waals surface area contributed by atoms with Gasteiger partial charge in [0.15, 0.2) is 0 Å². The number of carbonyl (C=O) groups is 1. The Balaban J connectivity index is 1.45. The predicted octanol–water partition coefficient (Wildman–Crippen LogP) is 3.24. The van der Waals surface area contributed by atoms with Crippen LogP contribution in [0.1, 0.15) is 18.4 Å². The van der Waals surface area contributed by atoms with Gasteiger partial charge >= 0.3 is 0 Å². The molecule has 1 amide bonds. The molecular formula is C19H22FN3O2. The van der Waals surface area contributed by atoms with Crippen LogP contribution in [0, 0.1) is 11.7 Å². The van der Waals surface area contributed by atoms with Crippen LogP contribution in [0.15, 0.2) is 42.6 Å². The SMILES string of the molecule is O=C(Nc1ccc(NCCc2ccc(F)cc2)cn1)C1CCOCC1. The Hall–Kier alpha value is -2.47. The van der Waals surface area contributed by atoms with Crippen LogP contribution < -0.4 is 10.6 Å². The van der Waals surface area contributed by atoms with Crippen LogP contribution in [0.2, 0.25) is 0 Å². The number of aromatic nitrogens is 1. The number of halogens is 1. The minimum Gasteiger partial charge on any atom is -0.383 e. The molecule has 0 unspecified atom stereocenters. The summed E-state index contributed by atoms with van der Waals surface area (Å²) in [5.41, 5.74) is 1.95. The lowest BCUT2D eigenvalue weighted by Gasteiger charge is -2.20. The number of amides is 1. The van der Waals surface area contributed by atoms with Gasteiger partial charge in [-0.3, -0.25) is 4.79 Å². The van der Waals surface area contributed by atoms with Gasteiger partial charge in [-0.15, -0.1) is 0 Å². The maximum absolute atomic E-state index is 12.9. The molecule has 2 heterocycles. The minimum atomic E-state index is -0.223. The molecule has 0 radical (unpaired) electrons. The van der Waals surface area contributed by atoms with Crippen molar-refractivity contribution in [3.05, 3.63) is 54.0 Å². The Morgan fingerprint density at radius 2 is 1.92 bits per heavy atom. The first-order valence-electron chi connectivity index (χ1n) is 8.54. The normalized spacial score (nSPS) is 14.9. The summed E-state index contributed by atoms with van der Waals surface area (Å²) >= 11 is 0. The molecule has 1 aliphatic heterocycles. The number of rotatable bonds is 6. The zero-order valence-electron chi connectivity index (χ0n) is 14.0. The van der Waals surface area contributed by atoms with Crippen LogP contribution in [-0.2, 0) is 16.0 Å². The van der Waals surface area contributed by atoms with E-state index in [-0.39, 0.29) is 17.6 Å². The molecule has 1 fully saturated rings. The van der Waals surface area contributed by atoms with E-state index in [1.54, 1.807) is 24.4 Å². The third kappa shape index (κ3) is 5.26. The molecule has 0 spiro atoms. The highest BCUT2D eigenvalue weighted by molar-refractivity contribution is 5.91. The number of carbonyl (C=O) groups excluding carboxylic acids is 1. The van der Waals surface area contributed by atoms with E-state index in [2.05, 4.69) is 15.6 Å². The van der Waals surface area contributed by atoms with Crippen LogP contribution in [0.4, 0.5) is 15.9 Å². The Labute approximate surface area is 146 Å². The van der Waals surface area contributed by atoms with Crippen molar-refractivity contribution in [2.24, 2.45) is 5.92 Å². The van der Waals surface area contributed by atoms with Crippen molar-refractivity contribution in [1.82, 2.24) is 4.98 Å². The second-order valence-electron chi connectivity index (χ2n) is 6.11. The number of ether oxygens (including phenoxy) is 1. The van der Waals surface area contributed by atoms with E-state index in [4.69, 9.17) is 4.74 Å². The maximum atomic E-state index is 12.9. The molecule has 2 N–H and O–H groups in total. The topological polar surface area (TPSA) is 63.2 Å². The summed E-state index contributed by atoms with van der Waals surface area (Å²) in [4.78, 5) is 16.4. The van der Waals surface area contributed by atoms with Crippen molar-refractivity contribution >= 4 is 17.4 Å². The first-order chi connectivity index (χ1) is 12.2. The third-order valence-corrected chi connectivity index (χ3v) is 4.26. The molecule has 2 aromatic rings. The first-order valence-corrected chi connectivity index (χ1v) is 8.54. The van der Waals surface area contributed by atoms with E-state index in [0.717, 1.165) is 37.1 Å². The highest BCUT2D eigenvalue weighted by atomic mass is 19.1. The van der Waals surface area contributed by atoms with E-state index in [1.165, 1.54) is 12.1 Å². The first kappa shape index (κ1) is 17.4. The van der Waals surface area contributed by atoms with Crippen LogP contribution in [0.25, 0.3) is 0 Å². The smallest absolute Gasteiger partial charge is 0.228 e. The summed E-state index contributed by atoms with van der Waals surface area (Å²) in [7, 11) is 0. The third-order valence-electron chi connectivity index (χ3n) is 4.26. The monoisotopic (exact) mass is 343 g/mol. The fourth-order valence-corrected chi connectivity index (χ4v) is 2.76. The summed E-state index contributed by atoms with van der Waals surface area (Å²) in [6, 6.07) is 10.2. The number of nitrogens with zero attached hydrogens (tertiary/aromatic N) is 1. The number of hydrogen-bond acceptors (Lipinski definition) is 4. The molecule has 25 heavy (non-hydrogen) atoms. The van der Waals surface area contributed by atoms with Gasteiger partial charge < -0.3 is 15.4 Å². The molecule has 0 bridgehead atoms. The summed E-state index contributed by atoms with van der Waals surface area (Å²) in [6.07, 6.45) is 4.01. The predicted molar refractivity (Wildman–Crippen MR) is 95.0 cm³/mol. The van der Waals surface area contributed by atoms with E-state index in [9.17, 15) is 9.18 Å². The van der Waals surface area contributed by atoms with Gasteiger partial charge in [-0.05, 0) is 49.1 Å². The van der Waals surface area contributed by atoms with E-state index in [1.807, 2.05) is 6.07 Å². The average Bonchev–Trinajstić information content (AvgIpc) is 2.65. The zero-order chi connectivity index (χ0) is 17.5. The Morgan fingerprint density at radius 1 is 1.16 bits per heavy atom. The number of anilines is 2. The molecular weight excluding hydrogens is 321 g/mol. The molecule has 5 nitrogen and oxygen atoms in total. The van der Waals surface area contributed by atoms with Gasteiger partial charge in [0.1, 0.15) is 11.6 Å². The van der Waals surface area contributed by atoms with Crippen molar-refractivity contribution < 1.29 is 13.9 Å². The maximum Gasteiger partial charge on any atom is 0.228 e. The van der Waals surface area contributed by atoms with Crippen LogP contribution in [0.3, 0.4) is 0 Å². The van der Waals surface area contributed by atoms with Crippen molar-refractivity contribution in [1.29, 1.82) is 0 Å². The van der Waals surface area contributed by atoms with Crippen LogP contribution >= 0.6 is 0 Å². The molecule has 1 aliphatic rings. The fourth-order valence-electron chi connectivity index (χ4n) is 2.76. The van der Waals surface area contributed by atoms with E-state index >= 15 is 0 Å². The van der Waals surface area contributed by atoms with Crippen molar-refractivity contribution in [3.63, 3.8) is 0 Å². The molecule has 1 aromatic heterocycles. The van der Waals surface area contributed by atoms with Crippen LogP contribution in [0.5, 0.6) is 0 Å². The lowest BCUT2D eigenvalue weighted by molar-refractivity contribution is -0.122. The molecule has 3 rings (SSSR count). The molecule has 0 saturated carbocycles. The Morgan fingerprint density at radius 3 is 2.60 bits per heavy atom. The summed E-state index contributed by atoms with van der Waals surface area (Å²) < 4.78 is 18.1. The molecule has 6 heteroatoms. The largest absolute Gasteiger partial charge is 0.383 e. The molecule has 0 atom stereocenters. The Kier molecular flexibility index (Phi) is 5.95. The molecule has 132 valence electrons. The lowest BCUT2D eigenvalue weighted by atomic mass is 9.99. The molecule has 1 aromatic carbocycles. The number of benzene rings is 1.